The molecular weight excluding hydrogens is 552 g/mol. The molecule has 0 amide bonds. The minimum absolute atomic E-state index is 0.128. The monoisotopic (exact) mass is 596 g/mol. The number of esters is 2. The van der Waals surface area contributed by atoms with Crippen LogP contribution in [0.1, 0.15) is 63.4 Å². The number of benzene rings is 3. The summed E-state index contributed by atoms with van der Waals surface area (Å²) >= 11 is 0. The third-order valence-corrected chi connectivity index (χ3v) is 8.29. The van der Waals surface area contributed by atoms with E-state index >= 15 is 0 Å². The quantitative estimate of drug-likeness (QED) is 0.105. The van der Waals surface area contributed by atoms with Gasteiger partial charge < -0.3 is 18.9 Å². The van der Waals surface area contributed by atoms with Crippen LogP contribution in [0.2, 0.25) is 0 Å². The first-order chi connectivity index (χ1) is 21.3. The van der Waals surface area contributed by atoms with E-state index in [-0.39, 0.29) is 24.4 Å². The van der Waals surface area contributed by atoms with Crippen molar-refractivity contribution in [1.29, 1.82) is 0 Å². The number of rotatable bonds is 14. The molecule has 4 rings (SSSR count). The summed E-state index contributed by atoms with van der Waals surface area (Å²) in [6.07, 6.45) is 8.55. The van der Waals surface area contributed by atoms with Crippen LogP contribution in [0.25, 0.3) is 22.3 Å². The Balaban J connectivity index is 1.54. The first kappa shape index (κ1) is 32.9. The predicted molar refractivity (Wildman–Crippen MR) is 175 cm³/mol. The van der Waals surface area contributed by atoms with Crippen molar-refractivity contribution in [2.24, 2.45) is 5.92 Å². The molecule has 6 heteroatoms. The van der Waals surface area contributed by atoms with Gasteiger partial charge in [-0.05, 0) is 89.6 Å². The number of hydrogen-bond donors (Lipinski definition) is 0. The molecule has 0 saturated heterocycles. The Morgan fingerprint density at radius 3 is 1.75 bits per heavy atom. The van der Waals surface area contributed by atoms with Gasteiger partial charge in [0.25, 0.3) is 0 Å². The van der Waals surface area contributed by atoms with Crippen LogP contribution in [0, 0.1) is 5.92 Å². The summed E-state index contributed by atoms with van der Waals surface area (Å²) in [5.74, 6) is 1.20. The Bertz CT molecular complexity index is 1430. The largest absolute Gasteiger partial charge is 0.423 e. The molecule has 0 N–H and O–H groups in total. The van der Waals surface area contributed by atoms with E-state index in [0.717, 1.165) is 41.0 Å². The molecule has 44 heavy (non-hydrogen) atoms. The lowest BCUT2D eigenvalue weighted by Gasteiger charge is -2.30. The maximum Gasteiger partial charge on any atom is 0.341 e. The molecule has 0 bridgehead atoms. The SMILES string of the molecule is C=C(COC)C(=O)Oc1ccc(-c2ccc(-c3ccc(OC(=O)C(=C)COC)cc3C3CCC(CCCC)CC3)cc2)cc1. The van der Waals surface area contributed by atoms with Crippen molar-refractivity contribution in [3.63, 3.8) is 0 Å². The van der Waals surface area contributed by atoms with E-state index in [9.17, 15) is 9.59 Å². The van der Waals surface area contributed by atoms with Gasteiger partial charge in [-0.1, -0.05) is 81.8 Å². The van der Waals surface area contributed by atoms with E-state index in [1.165, 1.54) is 51.9 Å². The van der Waals surface area contributed by atoms with Gasteiger partial charge in [-0.25, -0.2) is 9.59 Å². The molecule has 0 aliphatic heterocycles. The van der Waals surface area contributed by atoms with Gasteiger partial charge in [0.1, 0.15) is 11.5 Å². The van der Waals surface area contributed by atoms with Crippen LogP contribution in [0.3, 0.4) is 0 Å². The Morgan fingerprint density at radius 1 is 0.705 bits per heavy atom. The van der Waals surface area contributed by atoms with Crippen molar-refractivity contribution in [3.05, 3.63) is 96.6 Å². The van der Waals surface area contributed by atoms with Crippen molar-refractivity contribution in [1.82, 2.24) is 0 Å². The summed E-state index contributed by atoms with van der Waals surface area (Å²) < 4.78 is 21.1. The van der Waals surface area contributed by atoms with E-state index in [0.29, 0.717) is 17.4 Å². The van der Waals surface area contributed by atoms with E-state index in [1.807, 2.05) is 24.3 Å². The zero-order chi connectivity index (χ0) is 31.5. The Hall–Kier alpha value is -4.00. The van der Waals surface area contributed by atoms with Gasteiger partial charge in [0.05, 0.1) is 24.4 Å². The third-order valence-electron chi connectivity index (χ3n) is 8.29. The van der Waals surface area contributed by atoms with Gasteiger partial charge in [-0.15, -0.1) is 0 Å². The number of carbonyl (C=O) groups is 2. The highest BCUT2D eigenvalue weighted by Crippen LogP contribution is 2.43. The van der Waals surface area contributed by atoms with Crippen LogP contribution in [0.4, 0.5) is 0 Å². The van der Waals surface area contributed by atoms with Crippen molar-refractivity contribution in [3.8, 4) is 33.8 Å². The average Bonchev–Trinajstić information content (AvgIpc) is 3.04. The fourth-order valence-corrected chi connectivity index (χ4v) is 5.84. The lowest BCUT2D eigenvalue weighted by Crippen LogP contribution is -2.16. The summed E-state index contributed by atoms with van der Waals surface area (Å²) in [7, 11) is 3.04. The predicted octanol–water partition coefficient (Wildman–Crippen LogP) is 8.70. The standard InChI is InChI=1S/C38H44O6/c1-6-7-8-28-9-11-32(12-10-28)36-23-34(44-38(40)27(3)25-42-5)21-22-35(36)31-15-13-29(14-16-31)30-17-19-33(20-18-30)43-37(39)26(2)24-41-4/h13-23,28,32H,2-3,6-12,24-25H2,1,4-5H3. The van der Waals surface area contributed by atoms with E-state index < -0.39 is 11.9 Å². The Labute approximate surface area is 261 Å². The first-order valence-electron chi connectivity index (χ1n) is 15.5. The zero-order valence-corrected chi connectivity index (χ0v) is 26.2. The highest BCUT2D eigenvalue weighted by molar-refractivity contribution is 5.90. The van der Waals surface area contributed by atoms with E-state index in [1.54, 1.807) is 12.1 Å². The van der Waals surface area contributed by atoms with Crippen molar-refractivity contribution in [2.75, 3.05) is 27.4 Å². The molecular formula is C38H44O6. The van der Waals surface area contributed by atoms with Crippen LogP contribution in [0.15, 0.2) is 91.0 Å². The summed E-state index contributed by atoms with van der Waals surface area (Å²) in [6.45, 7) is 9.99. The van der Waals surface area contributed by atoms with Gasteiger partial charge >= 0.3 is 11.9 Å². The number of hydrogen-bond acceptors (Lipinski definition) is 6. The fraction of sp³-hybridized carbons (Fsp3) is 0.368. The molecule has 232 valence electrons. The molecule has 6 nitrogen and oxygen atoms in total. The molecule has 0 radical (unpaired) electrons. The minimum Gasteiger partial charge on any atom is -0.423 e. The molecule has 0 aromatic heterocycles. The molecule has 0 atom stereocenters. The first-order valence-corrected chi connectivity index (χ1v) is 15.5. The molecule has 3 aromatic carbocycles. The van der Waals surface area contributed by atoms with Crippen LogP contribution >= 0.6 is 0 Å². The Kier molecular flexibility index (Phi) is 12.1. The molecule has 0 spiro atoms. The zero-order valence-electron chi connectivity index (χ0n) is 26.2. The number of ether oxygens (including phenoxy) is 4. The van der Waals surface area contributed by atoms with Gasteiger partial charge in [-0.2, -0.15) is 0 Å². The second-order valence-corrected chi connectivity index (χ2v) is 11.6. The van der Waals surface area contributed by atoms with Gasteiger partial charge in [0.15, 0.2) is 0 Å². The third kappa shape index (κ3) is 8.77. The minimum atomic E-state index is -0.505. The van der Waals surface area contributed by atoms with Crippen LogP contribution in [0.5, 0.6) is 11.5 Å². The molecule has 0 heterocycles. The number of carbonyl (C=O) groups excluding carboxylic acids is 2. The highest BCUT2D eigenvalue weighted by atomic mass is 16.5. The second-order valence-electron chi connectivity index (χ2n) is 11.6. The summed E-state index contributed by atoms with van der Waals surface area (Å²) in [5, 5.41) is 0. The van der Waals surface area contributed by atoms with Crippen LogP contribution < -0.4 is 9.47 Å². The molecule has 1 aliphatic carbocycles. The summed E-state index contributed by atoms with van der Waals surface area (Å²) in [4.78, 5) is 24.7. The van der Waals surface area contributed by atoms with Gasteiger partial charge in [0.2, 0.25) is 0 Å². The molecule has 1 saturated carbocycles. The average molecular weight is 597 g/mol. The number of unbranched alkanes of at least 4 members (excludes halogenated alkanes) is 1. The summed E-state index contributed by atoms with van der Waals surface area (Å²) in [6, 6.07) is 21.9. The van der Waals surface area contributed by atoms with Crippen LogP contribution in [-0.4, -0.2) is 39.4 Å². The van der Waals surface area contributed by atoms with E-state index in [2.05, 4.69) is 50.4 Å². The molecule has 1 fully saturated rings. The highest BCUT2D eigenvalue weighted by Gasteiger charge is 2.25. The van der Waals surface area contributed by atoms with Crippen molar-refractivity contribution in [2.45, 2.75) is 57.8 Å². The maximum atomic E-state index is 12.6. The van der Waals surface area contributed by atoms with Gasteiger partial charge in [0, 0.05) is 14.2 Å². The molecule has 3 aromatic rings. The van der Waals surface area contributed by atoms with Gasteiger partial charge in [-0.3, -0.25) is 0 Å². The fourth-order valence-electron chi connectivity index (χ4n) is 5.84. The lowest BCUT2D eigenvalue weighted by atomic mass is 9.75. The molecule has 1 aliphatic rings. The van der Waals surface area contributed by atoms with Crippen molar-refractivity contribution < 1.29 is 28.5 Å². The second kappa shape index (κ2) is 16.2. The smallest absolute Gasteiger partial charge is 0.341 e. The Morgan fingerprint density at radius 2 is 1.20 bits per heavy atom. The molecule has 0 unspecified atom stereocenters. The normalized spacial score (nSPS) is 16.2. The maximum absolute atomic E-state index is 12.6. The van der Waals surface area contributed by atoms with Crippen LogP contribution in [-0.2, 0) is 19.1 Å². The topological polar surface area (TPSA) is 71.1 Å². The van der Waals surface area contributed by atoms with E-state index in [4.69, 9.17) is 18.9 Å². The lowest BCUT2D eigenvalue weighted by molar-refractivity contribution is -0.131. The summed E-state index contributed by atoms with van der Waals surface area (Å²) in [5.41, 5.74) is 6.09. The number of methoxy groups -OCH3 is 2. The van der Waals surface area contributed by atoms with Crippen molar-refractivity contribution >= 4 is 11.9 Å².